The fraction of sp³-hybridized carbons (Fsp3) is 0.250. The first-order valence-electron chi connectivity index (χ1n) is 12.1. The molecular weight excluding hydrogens is 477 g/mol. The lowest BCUT2D eigenvalue weighted by atomic mass is 10.1. The molecule has 0 atom stereocenters. The number of aromatic nitrogens is 1. The minimum Gasteiger partial charge on any atom is -0.494 e. The number of aryl methyl sites for hydroxylation is 1. The molecule has 2 heterocycles. The van der Waals surface area contributed by atoms with Gasteiger partial charge in [0.1, 0.15) is 11.6 Å². The van der Waals surface area contributed by atoms with Crippen LogP contribution in [-0.2, 0) is 9.84 Å². The van der Waals surface area contributed by atoms with Gasteiger partial charge in [-0.3, -0.25) is 0 Å². The number of para-hydroxylation sites is 1. The lowest BCUT2D eigenvalue weighted by molar-refractivity contribution is -0.347. The molecule has 1 fully saturated rings. The number of rotatable bonds is 6. The highest BCUT2D eigenvalue weighted by Gasteiger charge is 2.31. The van der Waals surface area contributed by atoms with Crippen molar-refractivity contribution in [2.45, 2.75) is 23.6 Å². The van der Waals surface area contributed by atoms with E-state index < -0.39 is 9.84 Å². The van der Waals surface area contributed by atoms with Crippen LogP contribution >= 0.6 is 0 Å². The molecule has 1 aliphatic heterocycles. The summed E-state index contributed by atoms with van der Waals surface area (Å²) in [7, 11) is -3.81. The van der Waals surface area contributed by atoms with Crippen LogP contribution < -0.4 is 19.5 Å². The van der Waals surface area contributed by atoms with Crippen molar-refractivity contribution in [1.29, 1.82) is 0 Å². The Morgan fingerprint density at radius 3 is 2.33 bits per heavy atom. The van der Waals surface area contributed by atoms with Gasteiger partial charge in [-0.2, -0.15) is 0 Å². The van der Waals surface area contributed by atoms with E-state index in [1.54, 1.807) is 42.6 Å². The Morgan fingerprint density at radius 2 is 1.64 bits per heavy atom. The summed E-state index contributed by atoms with van der Waals surface area (Å²) in [6.07, 6.45) is 1.58. The van der Waals surface area contributed by atoms with Crippen LogP contribution in [0.15, 0.2) is 82.7 Å². The molecule has 0 aliphatic carbocycles. The maximum Gasteiger partial charge on any atom is 0.214 e. The van der Waals surface area contributed by atoms with Crippen molar-refractivity contribution in [2.75, 3.05) is 42.6 Å². The molecule has 1 N–H and O–H groups in total. The number of aromatic amines is 1. The average Bonchev–Trinajstić information content (AvgIpc) is 2.89. The largest absolute Gasteiger partial charge is 0.494 e. The van der Waals surface area contributed by atoms with Gasteiger partial charge >= 0.3 is 0 Å². The van der Waals surface area contributed by atoms with E-state index in [9.17, 15) is 12.8 Å². The minimum absolute atomic E-state index is 0.215. The number of pyridine rings is 1. The first-order valence-corrected chi connectivity index (χ1v) is 13.5. The van der Waals surface area contributed by atoms with Crippen molar-refractivity contribution < 1.29 is 22.5 Å². The molecule has 0 bridgehead atoms. The van der Waals surface area contributed by atoms with Crippen molar-refractivity contribution in [2.24, 2.45) is 0 Å². The van der Waals surface area contributed by atoms with E-state index in [0.717, 1.165) is 16.5 Å². The molecule has 4 aromatic rings. The number of fused-ring (bicyclic) bond motifs is 1. The first kappa shape index (κ1) is 24.1. The molecule has 0 unspecified atom stereocenters. The lowest BCUT2D eigenvalue weighted by Crippen LogP contribution is -2.47. The minimum atomic E-state index is -3.81. The molecular formula is C28H29FN3O3S+. The van der Waals surface area contributed by atoms with Gasteiger partial charge in [0.2, 0.25) is 15.4 Å². The second-order valence-electron chi connectivity index (χ2n) is 8.88. The van der Waals surface area contributed by atoms with Crippen LogP contribution in [0, 0.1) is 12.7 Å². The van der Waals surface area contributed by atoms with Gasteiger partial charge in [0.25, 0.3) is 0 Å². The fourth-order valence-electron chi connectivity index (χ4n) is 4.70. The van der Waals surface area contributed by atoms with Crippen LogP contribution in [0.1, 0.15) is 12.5 Å². The maximum atomic E-state index is 14.4. The molecule has 5 rings (SSSR count). The SMILES string of the molecule is CCOc1ccc2[nH+]cc(S(=O)(=O)c3ccc(C)cc3)c(N3CCN(c4ccccc4F)CC3)c2c1. The highest BCUT2D eigenvalue weighted by atomic mass is 32.2. The number of nitrogens with zero attached hydrogens (tertiary/aromatic N) is 2. The summed E-state index contributed by atoms with van der Waals surface area (Å²) in [5, 5.41) is 0.772. The summed E-state index contributed by atoms with van der Waals surface area (Å²) in [4.78, 5) is 7.72. The second-order valence-corrected chi connectivity index (χ2v) is 10.8. The zero-order valence-corrected chi connectivity index (χ0v) is 21.2. The third-order valence-electron chi connectivity index (χ3n) is 6.56. The summed E-state index contributed by atoms with van der Waals surface area (Å²) in [5.41, 5.74) is 3.01. The van der Waals surface area contributed by atoms with E-state index in [1.165, 1.54) is 6.07 Å². The number of hydrogen-bond acceptors (Lipinski definition) is 5. The molecule has 6 nitrogen and oxygen atoms in total. The number of nitrogens with one attached hydrogen (secondary N) is 1. The summed E-state index contributed by atoms with van der Waals surface area (Å²) >= 11 is 0. The maximum absolute atomic E-state index is 14.4. The number of hydrogen-bond donors (Lipinski definition) is 0. The van der Waals surface area contributed by atoms with Gasteiger partial charge < -0.3 is 14.5 Å². The first-order chi connectivity index (χ1) is 17.4. The van der Waals surface area contributed by atoms with E-state index in [0.29, 0.717) is 49.9 Å². The Morgan fingerprint density at radius 1 is 0.944 bits per heavy atom. The fourth-order valence-corrected chi connectivity index (χ4v) is 6.16. The summed E-state index contributed by atoms with van der Waals surface area (Å²) in [6, 6.07) is 19.3. The van der Waals surface area contributed by atoms with Crippen LogP contribution in [0.5, 0.6) is 5.75 Å². The standard InChI is InChI=1S/C28H28FN3O3S/c1-3-35-21-10-13-25-23(18-21)28(27(19-30-25)36(33,34)22-11-8-20(2)9-12-22)32-16-14-31(15-17-32)26-7-5-4-6-24(26)29/h4-13,18-19H,3,14-17H2,1-2H3/p+1. The number of anilines is 2. The zero-order chi connectivity index (χ0) is 25.3. The Hall–Kier alpha value is -3.65. The molecule has 3 aromatic carbocycles. The zero-order valence-electron chi connectivity index (χ0n) is 20.4. The van der Waals surface area contributed by atoms with Gasteiger partial charge in [-0.1, -0.05) is 29.8 Å². The molecule has 36 heavy (non-hydrogen) atoms. The smallest absolute Gasteiger partial charge is 0.214 e. The predicted molar refractivity (Wildman–Crippen MR) is 139 cm³/mol. The molecule has 0 radical (unpaired) electrons. The van der Waals surface area contributed by atoms with Gasteiger partial charge in [-0.25, -0.2) is 17.8 Å². The summed E-state index contributed by atoms with van der Waals surface area (Å²) < 4.78 is 47.9. The van der Waals surface area contributed by atoms with Crippen LogP contribution in [0.3, 0.4) is 0 Å². The van der Waals surface area contributed by atoms with Crippen LogP contribution in [0.2, 0.25) is 0 Å². The van der Waals surface area contributed by atoms with Gasteiger partial charge in [0.05, 0.1) is 28.3 Å². The third-order valence-corrected chi connectivity index (χ3v) is 8.34. The van der Waals surface area contributed by atoms with Crippen molar-refractivity contribution in [3.8, 4) is 5.75 Å². The Kier molecular flexibility index (Phi) is 6.53. The quantitative estimate of drug-likeness (QED) is 0.381. The van der Waals surface area contributed by atoms with E-state index in [1.807, 2.05) is 43.0 Å². The van der Waals surface area contributed by atoms with Crippen molar-refractivity contribution in [3.63, 3.8) is 0 Å². The molecule has 1 saturated heterocycles. The normalized spacial score (nSPS) is 14.3. The van der Waals surface area contributed by atoms with Gasteiger partial charge in [0.15, 0.2) is 11.1 Å². The highest BCUT2D eigenvalue weighted by Crippen LogP contribution is 2.37. The molecule has 0 spiro atoms. The number of piperazine rings is 1. The Bertz CT molecular complexity index is 1500. The Balaban J connectivity index is 1.60. The van der Waals surface area contributed by atoms with Crippen molar-refractivity contribution >= 4 is 32.1 Å². The molecule has 186 valence electrons. The number of halogens is 1. The summed E-state index contributed by atoms with van der Waals surface area (Å²) in [5.74, 6) is 0.421. The van der Waals surface area contributed by atoms with E-state index >= 15 is 0 Å². The van der Waals surface area contributed by atoms with E-state index in [-0.39, 0.29) is 15.6 Å². The molecule has 0 amide bonds. The van der Waals surface area contributed by atoms with Crippen LogP contribution in [-0.4, -0.2) is 41.2 Å². The number of benzene rings is 3. The monoisotopic (exact) mass is 506 g/mol. The number of sulfone groups is 1. The van der Waals surface area contributed by atoms with Crippen LogP contribution in [0.25, 0.3) is 10.9 Å². The average molecular weight is 507 g/mol. The van der Waals surface area contributed by atoms with E-state index in [4.69, 9.17) is 4.74 Å². The van der Waals surface area contributed by atoms with Crippen molar-refractivity contribution in [3.05, 3.63) is 84.3 Å². The number of H-pyrrole nitrogens is 1. The van der Waals surface area contributed by atoms with E-state index in [2.05, 4.69) is 9.88 Å². The molecule has 0 saturated carbocycles. The van der Waals surface area contributed by atoms with Gasteiger partial charge in [-0.05, 0) is 50.2 Å². The highest BCUT2D eigenvalue weighted by molar-refractivity contribution is 7.91. The van der Waals surface area contributed by atoms with Crippen molar-refractivity contribution in [1.82, 2.24) is 0 Å². The predicted octanol–water partition coefficient (Wildman–Crippen LogP) is 4.66. The summed E-state index contributed by atoms with van der Waals surface area (Å²) in [6.45, 7) is 6.57. The lowest BCUT2D eigenvalue weighted by Gasteiger charge is -2.38. The van der Waals surface area contributed by atoms with Crippen LogP contribution in [0.4, 0.5) is 15.8 Å². The Labute approximate surface area is 210 Å². The number of ether oxygens (including phenoxy) is 1. The molecule has 1 aliphatic rings. The molecule has 1 aromatic heterocycles. The van der Waals surface area contributed by atoms with Gasteiger partial charge in [0, 0.05) is 32.2 Å². The second kappa shape index (κ2) is 9.78. The third kappa shape index (κ3) is 4.48. The molecule has 8 heteroatoms. The topological polar surface area (TPSA) is 64.0 Å². The van der Waals surface area contributed by atoms with Gasteiger partial charge in [-0.15, -0.1) is 0 Å².